The summed E-state index contributed by atoms with van der Waals surface area (Å²) in [7, 11) is 0.469. The third kappa shape index (κ3) is 7.30. The molecule has 8 heavy (non-hydrogen) atoms. The quantitative estimate of drug-likeness (QED) is 0.491. The van der Waals surface area contributed by atoms with Crippen molar-refractivity contribution in [3.63, 3.8) is 0 Å². The lowest BCUT2D eigenvalue weighted by Crippen LogP contribution is -2.11. The zero-order valence-electron chi connectivity index (χ0n) is 4.55. The van der Waals surface area contributed by atoms with Crippen molar-refractivity contribution in [1.29, 1.82) is 0 Å². The van der Waals surface area contributed by atoms with Crippen molar-refractivity contribution >= 4 is 48.8 Å². The second-order valence-electron chi connectivity index (χ2n) is 1.70. The van der Waals surface area contributed by atoms with Gasteiger partial charge in [0.25, 0.3) is 0 Å². The Morgan fingerprint density at radius 2 is 2.00 bits per heavy atom. The van der Waals surface area contributed by atoms with Crippen LogP contribution in [0.5, 0.6) is 0 Å². The Morgan fingerprint density at radius 3 is 2.12 bits per heavy atom. The van der Waals surface area contributed by atoms with Crippen molar-refractivity contribution in [3.05, 3.63) is 0 Å². The number of rotatable bonds is 3. The minimum atomic E-state index is -1.81. The molecular weight excluding hydrogens is 199 g/mol. The molecule has 5 heteroatoms. The Labute approximate surface area is 67.5 Å². The average Bonchev–Trinajstić information content (AvgIpc) is 1.59. The summed E-state index contributed by atoms with van der Waals surface area (Å²) in [6, 6.07) is 1.88. The number of hydrogen-bond donors (Lipinski definition) is 0. The van der Waals surface area contributed by atoms with E-state index in [-0.39, 0.29) is 0 Å². The molecule has 0 atom stereocenters. The molecule has 0 aliphatic heterocycles. The highest BCUT2D eigenvalue weighted by Gasteiger charge is 2.19. The first-order chi connectivity index (χ1) is 3.56. The zero-order chi connectivity index (χ0) is 6.62. The summed E-state index contributed by atoms with van der Waals surface area (Å²) in [5.41, 5.74) is 0. The molecule has 0 saturated carbocycles. The van der Waals surface area contributed by atoms with E-state index in [1.807, 2.05) is 6.55 Å². The predicted octanol–water partition coefficient (Wildman–Crippen LogP) is 2.81. The van der Waals surface area contributed by atoms with Crippen molar-refractivity contribution < 1.29 is 0 Å². The summed E-state index contributed by atoms with van der Waals surface area (Å²) in [4.78, 5) is 0. The number of halogens is 3. The Morgan fingerprint density at radius 1 is 1.50 bits per heavy atom. The van der Waals surface area contributed by atoms with Crippen molar-refractivity contribution in [2.45, 2.75) is 18.6 Å². The number of hydrogen-bond acceptors (Lipinski definition) is 0. The van der Waals surface area contributed by atoms with Gasteiger partial charge in [0.15, 0.2) is 8.83 Å². The summed E-state index contributed by atoms with van der Waals surface area (Å²) >= 11 is 17.0. The first-order valence-corrected chi connectivity index (χ1v) is 9.22. The lowest BCUT2D eigenvalue weighted by molar-refractivity contribution is 1.41. The molecule has 0 aliphatic rings. The molecular formula is C3H7Cl3Si2. The van der Waals surface area contributed by atoms with Crippen molar-refractivity contribution in [3.8, 4) is 0 Å². The van der Waals surface area contributed by atoms with E-state index in [0.29, 0.717) is 8.83 Å². The van der Waals surface area contributed by atoms with Gasteiger partial charge in [-0.05, 0) is 18.6 Å². The summed E-state index contributed by atoms with van der Waals surface area (Å²) in [6.45, 7) is 0.0986. The summed E-state index contributed by atoms with van der Waals surface area (Å²) in [5, 5.41) is 0. The molecule has 0 aromatic heterocycles. The lowest BCUT2D eigenvalue weighted by atomic mass is 11.0. The van der Waals surface area contributed by atoms with Crippen LogP contribution in [-0.2, 0) is 0 Å². The first kappa shape index (κ1) is 9.30. The second kappa shape index (κ2) is 4.17. The van der Waals surface area contributed by atoms with Crippen LogP contribution in [0.15, 0.2) is 0 Å². The molecule has 0 fully saturated rings. The average molecular weight is 206 g/mol. The summed E-state index contributed by atoms with van der Waals surface area (Å²) < 4.78 is 0. The van der Waals surface area contributed by atoms with Gasteiger partial charge >= 0.3 is 0 Å². The van der Waals surface area contributed by atoms with Crippen LogP contribution in [0.25, 0.3) is 0 Å². The first-order valence-electron chi connectivity index (χ1n) is 2.27. The van der Waals surface area contributed by atoms with Crippen LogP contribution in [0.3, 0.4) is 0 Å². The normalized spacial score (nSPS) is 12.0. The van der Waals surface area contributed by atoms with Gasteiger partial charge in [0.2, 0.25) is 6.69 Å². The Hall–Kier alpha value is 1.30. The maximum atomic E-state index is 5.76. The molecule has 0 amide bonds. The van der Waals surface area contributed by atoms with Crippen LogP contribution in [0.2, 0.25) is 18.6 Å². The van der Waals surface area contributed by atoms with Crippen LogP contribution in [-0.4, -0.2) is 15.5 Å². The van der Waals surface area contributed by atoms with Crippen LogP contribution in [0.1, 0.15) is 0 Å². The van der Waals surface area contributed by atoms with Gasteiger partial charge in [0.1, 0.15) is 0 Å². The molecule has 0 spiro atoms. The van der Waals surface area contributed by atoms with Gasteiger partial charge in [0.05, 0.1) is 0 Å². The van der Waals surface area contributed by atoms with Crippen molar-refractivity contribution in [1.82, 2.24) is 0 Å². The summed E-state index contributed by atoms with van der Waals surface area (Å²) in [5.74, 6) is 0. The van der Waals surface area contributed by atoms with Crippen molar-refractivity contribution in [2.24, 2.45) is 0 Å². The maximum absolute atomic E-state index is 5.76. The van der Waals surface area contributed by atoms with Gasteiger partial charge in [-0.2, -0.15) is 11.1 Å². The molecule has 0 nitrogen and oxygen atoms in total. The van der Waals surface area contributed by atoms with Gasteiger partial charge in [-0.1, -0.05) is 0 Å². The van der Waals surface area contributed by atoms with E-state index in [4.69, 9.17) is 33.2 Å². The molecule has 0 unspecified atom stereocenters. The van der Waals surface area contributed by atoms with Crippen molar-refractivity contribution in [2.75, 3.05) is 0 Å². The van der Waals surface area contributed by atoms with Gasteiger partial charge in [0, 0.05) is 0 Å². The predicted molar refractivity (Wildman–Crippen MR) is 44.5 cm³/mol. The molecule has 0 bridgehead atoms. The molecule has 0 aliphatic carbocycles. The minimum Gasteiger partial charge on any atom is -0.171 e. The molecule has 48 valence electrons. The fourth-order valence-corrected chi connectivity index (χ4v) is 4.95. The van der Waals surface area contributed by atoms with Gasteiger partial charge in [-0.3, -0.25) is 0 Å². The third-order valence-electron chi connectivity index (χ3n) is 0.658. The van der Waals surface area contributed by atoms with Gasteiger partial charge in [-0.15, -0.1) is 22.2 Å². The topological polar surface area (TPSA) is 0 Å². The summed E-state index contributed by atoms with van der Waals surface area (Å²) in [6.07, 6.45) is 0. The Bertz CT molecular complexity index is 60.0. The highest BCUT2D eigenvalue weighted by molar-refractivity contribution is 7.45. The molecule has 0 heterocycles. The molecule has 2 radical (unpaired) electrons. The largest absolute Gasteiger partial charge is 0.248 e. The maximum Gasteiger partial charge on any atom is 0.248 e. The molecule has 0 aromatic rings. The fraction of sp³-hybridized carbons (Fsp3) is 1.00. The van der Waals surface area contributed by atoms with E-state index in [1.165, 1.54) is 0 Å². The molecule has 0 saturated heterocycles. The standard InChI is InChI=1S/C3H7Cl3Si2/c1-8(5,6)3-2-7-4/h2-3H2,1H3. The second-order valence-corrected chi connectivity index (χ2v) is 11.5. The zero-order valence-corrected chi connectivity index (χ0v) is 8.82. The Kier molecular flexibility index (Phi) is 4.85. The van der Waals surface area contributed by atoms with Gasteiger partial charge < -0.3 is 0 Å². The van der Waals surface area contributed by atoms with E-state index in [2.05, 4.69) is 0 Å². The fourth-order valence-electron chi connectivity index (χ4n) is 0.267. The van der Waals surface area contributed by atoms with Crippen LogP contribution in [0.4, 0.5) is 0 Å². The highest BCUT2D eigenvalue weighted by atomic mass is 35.7. The van der Waals surface area contributed by atoms with Crippen LogP contribution >= 0.6 is 33.2 Å². The third-order valence-corrected chi connectivity index (χ3v) is 4.43. The molecule has 0 aromatic carbocycles. The monoisotopic (exact) mass is 204 g/mol. The highest BCUT2D eigenvalue weighted by Crippen LogP contribution is 2.21. The smallest absolute Gasteiger partial charge is 0.171 e. The molecule has 0 N–H and O–H groups in total. The van der Waals surface area contributed by atoms with E-state index in [9.17, 15) is 0 Å². The Balaban J connectivity index is 3.11. The minimum absolute atomic E-state index is 0.469. The van der Waals surface area contributed by atoms with E-state index >= 15 is 0 Å². The van der Waals surface area contributed by atoms with Gasteiger partial charge in [-0.25, -0.2) is 0 Å². The SMILES string of the molecule is C[Si](Cl)(Cl)CC[Si]Cl. The van der Waals surface area contributed by atoms with Crippen LogP contribution < -0.4 is 0 Å². The molecule has 0 rings (SSSR count). The van der Waals surface area contributed by atoms with E-state index < -0.39 is 6.69 Å². The lowest BCUT2D eigenvalue weighted by Gasteiger charge is -2.05. The van der Waals surface area contributed by atoms with E-state index in [1.54, 1.807) is 0 Å². The van der Waals surface area contributed by atoms with E-state index in [0.717, 1.165) is 12.1 Å². The van der Waals surface area contributed by atoms with Crippen LogP contribution in [0, 0.1) is 0 Å².